The topological polar surface area (TPSA) is 61.7 Å². The molecule has 0 spiro atoms. The Kier molecular flexibility index (Phi) is 4.85. The summed E-state index contributed by atoms with van der Waals surface area (Å²) in [5.41, 5.74) is 0.128. The van der Waals surface area contributed by atoms with E-state index in [1.807, 2.05) is 30.3 Å². The van der Waals surface area contributed by atoms with Gasteiger partial charge in [0, 0.05) is 17.2 Å². The minimum atomic E-state index is -4.46. The molecule has 1 fully saturated rings. The van der Waals surface area contributed by atoms with E-state index in [1.165, 1.54) is 6.07 Å². The Morgan fingerprint density at radius 3 is 2.43 bits per heavy atom. The molecule has 0 saturated carbocycles. The van der Waals surface area contributed by atoms with Crippen molar-refractivity contribution in [2.45, 2.75) is 36.8 Å². The molecular weight excluding hydrogens is 371 g/mol. The molecule has 0 aliphatic carbocycles. The maximum absolute atomic E-state index is 13.3. The number of hydrogen-bond acceptors (Lipinski definition) is 4. The number of hydrogen-bond donors (Lipinski definition) is 3. The van der Waals surface area contributed by atoms with Crippen molar-refractivity contribution in [3.8, 4) is 0 Å². The minimum Gasteiger partial charge on any atom is -0.393 e. The van der Waals surface area contributed by atoms with Crippen LogP contribution in [0.5, 0.6) is 0 Å². The van der Waals surface area contributed by atoms with Crippen molar-refractivity contribution in [3.05, 3.63) is 65.2 Å². The van der Waals surface area contributed by atoms with Crippen LogP contribution in [0, 0.1) is 5.92 Å². The molecule has 2 aromatic rings. The number of aliphatic hydroxyl groups excluding tert-OH is 2. The number of alkyl halides is 3. The van der Waals surface area contributed by atoms with Crippen LogP contribution in [0.3, 0.4) is 0 Å². The summed E-state index contributed by atoms with van der Waals surface area (Å²) in [6, 6.07) is 13.2. The summed E-state index contributed by atoms with van der Waals surface area (Å²) in [5.74, 6) is -0.121. The van der Waals surface area contributed by atoms with E-state index in [9.17, 15) is 23.4 Å². The van der Waals surface area contributed by atoms with Gasteiger partial charge < -0.3 is 20.3 Å². The number of fused-ring (bicyclic) bond motifs is 3. The minimum absolute atomic E-state index is 0.121. The lowest BCUT2D eigenvalue weighted by Crippen LogP contribution is -2.50. The number of benzene rings is 2. The summed E-state index contributed by atoms with van der Waals surface area (Å²) in [7, 11) is 0. The molecule has 2 aliphatic heterocycles. The van der Waals surface area contributed by atoms with Crippen LogP contribution < -0.4 is 5.32 Å². The van der Waals surface area contributed by atoms with E-state index in [0.717, 1.165) is 17.7 Å². The van der Waals surface area contributed by atoms with Crippen molar-refractivity contribution >= 4 is 5.69 Å². The van der Waals surface area contributed by atoms with Gasteiger partial charge in [0.1, 0.15) is 5.60 Å². The zero-order valence-corrected chi connectivity index (χ0v) is 15.1. The molecule has 0 amide bonds. The molecule has 3 atom stereocenters. The van der Waals surface area contributed by atoms with E-state index in [1.54, 1.807) is 0 Å². The largest absolute Gasteiger partial charge is 0.416 e. The molecule has 0 aromatic heterocycles. The quantitative estimate of drug-likeness (QED) is 0.736. The van der Waals surface area contributed by atoms with E-state index in [0.29, 0.717) is 24.1 Å². The van der Waals surface area contributed by atoms with Crippen molar-refractivity contribution in [2.75, 3.05) is 18.5 Å². The van der Waals surface area contributed by atoms with Gasteiger partial charge in [-0.05, 0) is 36.6 Å². The van der Waals surface area contributed by atoms with Gasteiger partial charge in [-0.25, -0.2) is 0 Å². The van der Waals surface area contributed by atoms with Crippen molar-refractivity contribution in [1.82, 2.24) is 0 Å². The predicted molar refractivity (Wildman–Crippen MR) is 97.7 cm³/mol. The molecule has 3 N–H and O–H groups in total. The van der Waals surface area contributed by atoms with Crippen LogP contribution in [0.2, 0.25) is 0 Å². The van der Waals surface area contributed by atoms with E-state index in [2.05, 4.69) is 5.32 Å². The Morgan fingerprint density at radius 1 is 1.07 bits per heavy atom. The van der Waals surface area contributed by atoms with Gasteiger partial charge in [-0.1, -0.05) is 30.3 Å². The summed E-state index contributed by atoms with van der Waals surface area (Å²) in [4.78, 5) is 0. The zero-order valence-electron chi connectivity index (χ0n) is 15.1. The summed E-state index contributed by atoms with van der Waals surface area (Å²) >= 11 is 0. The Balaban J connectivity index is 1.80. The predicted octanol–water partition coefficient (Wildman–Crippen LogP) is 4.06. The molecule has 0 unspecified atom stereocenters. The van der Waals surface area contributed by atoms with Crippen molar-refractivity contribution in [1.29, 1.82) is 0 Å². The van der Waals surface area contributed by atoms with Gasteiger partial charge in [0.05, 0.1) is 30.9 Å². The molecule has 150 valence electrons. The number of rotatable bonds is 3. The maximum Gasteiger partial charge on any atom is 0.416 e. The van der Waals surface area contributed by atoms with Gasteiger partial charge in [-0.3, -0.25) is 0 Å². The van der Waals surface area contributed by atoms with Crippen LogP contribution in [0.25, 0.3) is 0 Å². The highest BCUT2D eigenvalue weighted by Crippen LogP contribution is 2.53. The number of halogens is 3. The van der Waals surface area contributed by atoms with Crippen molar-refractivity contribution in [2.24, 2.45) is 5.92 Å². The third kappa shape index (κ3) is 3.27. The number of ether oxygens (including phenoxy) is 1. The first-order valence-corrected chi connectivity index (χ1v) is 9.29. The molecular formula is C21H22F3NO3. The highest BCUT2D eigenvalue weighted by atomic mass is 19.4. The third-order valence-corrected chi connectivity index (χ3v) is 5.86. The van der Waals surface area contributed by atoms with E-state index >= 15 is 0 Å². The Bertz CT molecular complexity index is 837. The molecule has 4 nitrogen and oxygen atoms in total. The van der Waals surface area contributed by atoms with Crippen LogP contribution in [0.1, 0.15) is 41.7 Å². The summed E-state index contributed by atoms with van der Waals surface area (Å²) in [6.45, 7) is -0.769. The molecule has 0 bridgehead atoms. The summed E-state index contributed by atoms with van der Waals surface area (Å²) < 4.78 is 45.9. The first kappa shape index (κ1) is 19.2. The van der Waals surface area contributed by atoms with Gasteiger partial charge >= 0.3 is 6.18 Å². The smallest absolute Gasteiger partial charge is 0.393 e. The van der Waals surface area contributed by atoms with Crippen molar-refractivity contribution in [3.63, 3.8) is 0 Å². The second-order valence-corrected chi connectivity index (χ2v) is 7.57. The highest BCUT2D eigenvalue weighted by Gasteiger charge is 2.48. The maximum atomic E-state index is 13.3. The van der Waals surface area contributed by atoms with Crippen LogP contribution in [0.15, 0.2) is 48.5 Å². The molecule has 2 heterocycles. The van der Waals surface area contributed by atoms with E-state index in [-0.39, 0.29) is 25.2 Å². The van der Waals surface area contributed by atoms with Crippen LogP contribution >= 0.6 is 0 Å². The van der Waals surface area contributed by atoms with Crippen LogP contribution in [-0.2, 0) is 10.9 Å². The molecule has 4 rings (SSSR count). The van der Waals surface area contributed by atoms with E-state index in [4.69, 9.17) is 4.74 Å². The lowest BCUT2D eigenvalue weighted by molar-refractivity contribution is -0.196. The standard InChI is InChI=1S/C21H22F3NO3/c22-21(23,24)14-6-7-17-16(10-14)19-15(8-9-20(11-26,12-27)28-19)18(25-17)13-4-2-1-3-5-13/h1-7,10,15,18-19,25-27H,8-9,11-12H2/t15-,18-,19-/m0/s1. The first-order valence-electron chi connectivity index (χ1n) is 9.29. The van der Waals surface area contributed by atoms with E-state index < -0.39 is 23.4 Å². The van der Waals surface area contributed by atoms with Crippen molar-refractivity contribution < 1.29 is 28.1 Å². The molecule has 0 radical (unpaired) electrons. The molecule has 2 aromatic carbocycles. The summed E-state index contributed by atoms with van der Waals surface area (Å²) in [6.07, 6.45) is -4.08. The molecule has 1 saturated heterocycles. The Hall–Kier alpha value is -2.09. The van der Waals surface area contributed by atoms with Crippen LogP contribution in [0.4, 0.5) is 18.9 Å². The normalized spacial score (nSPS) is 26.1. The average Bonchev–Trinajstić information content (AvgIpc) is 2.72. The number of aliphatic hydroxyl groups is 2. The van der Waals surface area contributed by atoms with Gasteiger partial charge in [0.25, 0.3) is 0 Å². The SMILES string of the molecule is OCC1(CO)CC[C@@H]2[C@H](O1)c1cc(C(F)(F)F)ccc1N[C@H]2c1ccccc1. The fourth-order valence-electron chi connectivity index (χ4n) is 4.29. The average molecular weight is 393 g/mol. The number of nitrogens with one attached hydrogen (secondary N) is 1. The molecule has 28 heavy (non-hydrogen) atoms. The second kappa shape index (κ2) is 7.06. The third-order valence-electron chi connectivity index (χ3n) is 5.86. The summed E-state index contributed by atoms with van der Waals surface area (Å²) in [5, 5.41) is 22.9. The fraction of sp³-hybridized carbons (Fsp3) is 0.429. The fourth-order valence-corrected chi connectivity index (χ4v) is 4.29. The lowest BCUT2D eigenvalue weighted by Gasteiger charge is -2.49. The lowest BCUT2D eigenvalue weighted by atomic mass is 9.74. The Morgan fingerprint density at radius 2 is 1.79 bits per heavy atom. The second-order valence-electron chi connectivity index (χ2n) is 7.57. The first-order chi connectivity index (χ1) is 13.4. The zero-order chi connectivity index (χ0) is 19.9. The number of anilines is 1. The van der Waals surface area contributed by atoms with Gasteiger partial charge in [0.2, 0.25) is 0 Å². The van der Waals surface area contributed by atoms with Gasteiger partial charge in [-0.2, -0.15) is 13.2 Å². The monoisotopic (exact) mass is 393 g/mol. The molecule has 7 heteroatoms. The molecule has 2 aliphatic rings. The Labute approximate surface area is 161 Å². The van der Waals surface area contributed by atoms with Crippen LogP contribution in [-0.4, -0.2) is 29.0 Å². The van der Waals surface area contributed by atoms with Gasteiger partial charge in [0.15, 0.2) is 0 Å². The van der Waals surface area contributed by atoms with Gasteiger partial charge in [-0.15, -0.1) is 0 Å². The highest BCUT2D eigenvalue weighted by molar-refractivity contribution is 5.58.